The monoisotopic (exact) mass is 406 g/mol. The van der Waals surface area contributed by atoms with E-state index in [0.717, 1.165) is 12.0 Å². The second-order valence-electron chi connectivity index (χ2n) is 7.19. The Morgan fingerprint density at radius 3 is 2.66 bits per heavy atom. The van der Waals surface area contributed by atoms with Crippen molar-refractivity contribution in [2.24, 2.45) is 0 Å². The lowest BCUT2D eigenvalue weighted by Gasteiger charge is -2.43. The molecule has 1 heterocycles. The quantitative estimate of drug-likeness (QED) is 0.619. The second-order valence-corrected chi connectivity index (χ2v) is 7.56. The van der Waals surface area contributed by atoms with Gasteiger partial charge in [-0.3, -0.25) is 14.5 Å². The molecule has 1 aliphatic heterocycles. The summed E-state index contributed by atoms with van der Waals surface area (Å²) in [5.41, 5.74) is 1.87. The van der Waals surface area contributed by atoms with Crippen LogP contribution in [-0.2, 0) is 4.79 Å². The highest BCUT2D eigenvalue weighted by atomic mass is 32.1. The van der Waals surface area contributed by atoms with E-state index < -0.39 is 11.4 Å². The van der Waals surface area contributed by atoms with E-state index in [1.54, 1.807) is 29.2 Å². The summed E-state index contributed by atoms with van der Waals surface area (Å²) in [6.07, 6.45) is 2.19. The maximum Gasteiger partial charge on any atom is 0.259 e. The Kier molecular flexibility index (Phi) is 4.02. The number of hydrogen-bond acceptors (Lipinski definition) is 3. The van der Waals surface area contributed by atoms with Crippen LogP contribution in [-0.4, -0.2) is 29.5 Å². The van der Waals surface area contributed by atoms with Crippen LogP contribution in [0, 0.1) is 13.5 Å². The summed E-state index contributed by atoms with van der Waals surface area (Å²) in [5.74, 6) is -0.594. The van der Waals surface area contributed by atoms with Gasteiger partial charge in [-0.25, -0.2) is 4.85 Å². The molecule has 2 aromatic carbocycles. The van der Waals surface area contributed by atoms with Gasteiger partial charge in [0.2, 0.25) is 0 Å². The average Bonchev–Trinajstić information content (AvgIpc) is 2.94. The molecule has 29 heavy (non-hydrogen) atoms. The molecule has 146 valence electrons. The van der Waals surface area contributed by atoms with Crippen LogP contribution in [0.4, 0.5) is 17.1 Å². The van der Waals surface area contributed by atoms with Gasteiger partial charge in [-0.2, -0.15) is 0 Å². The predicted octanol–water partition coefficient (Wildman–Crippen LogP) is 3.97. The Morgan fingerprint density at radius 1 is 1.31 bits per heavy atom. The van der Waals surface area contributed by atoms with Gasteiger partial charge in [0.1, 0.15) is 5.54 Å². The molecule has 2 aliphatic rings. The van der Waals surface area contributed by atoms with E-state index in [9.17, 15) is 9.59 Å². The molecule has 0 bridgehead atoms. The molecule has 1 aliphatic carbocycles. The predicted molar refractivity (Wildman–Crippen MR) is 116 cm³/mol. The van der Waals surface area contributed by atoms with E-state index in [0.29, 0.717) is 35.0 Å². The number of hydrogen-bond donors (Lipinski definition) is 1. The second kappa shape index (κ2) is 6.98. The molecule has 2 aromatic rings. The number of nitrogens with zero attached hydrogens (tertiary/aromatic N) is 3. The van der Waals surface area contributed by atoms with Crippen molar-refractivity contribution in [3.63, 3.8) is 0 Å². The fourth-order valence-electron chi connectivity index (χ4n) is 3.90. The minimum absolute atomic E-state index is 0.00359. The summed E-state index contributed by atoms with van der Waals surface area (Å²) in [6.45, 7) is 9.06. The number of anilines is 2. The van der Waals surface area contributed by atoms with Gasteiger partial charge in [0, 0.05) is 25.3 Å². The summed E-state index contributed by atoms with van der Waals surface area (Å²) in [7, 11) is -0.269. The zero-order valence-electron chi connectivity index (χ0n) is 17.9. The van der Waals surface area contributed by atoms with Crippen molar-refractivity contribution in [1.82, 2.24) is 5.32 Å². The highest BCUT2D eigenvalue weighted by Crippen LogP contribution is 2.48. The molecule has 4 rings (SSSR count). The summed E-state index contributed by atoms with van der Waals surface area (Å²) in [6, 6.07) is 9.96. The van der Waals surface area contributed by atoms with E-state index in [2.05, 4.69) is 10.2 Å². The van der Waals surface area contributed by atoms with E-state index in [1.165, 1.54) is 17.0 Å². The number of carbonyl (C=O) groups is 2. The van der Waals surface area contributed by atoms with Crippen LogP contribution < -0.4 is 15.1 Å². The molecule has 2 amide bonds. The molecule has 1 N–H and O–H groups in total. The van der Waals surface area contributed by atoms with Gasteiger partial charge in [0.25, 0.3) is 11.8 Å². The van der Waals surface area contributed by atoms with Crippen LogP contribution in [0.3, 0.4) is 0 Å². The van der Waals surface area contributed by atoms with Crippen molar-refractivity contribution in [3.8, 4) is 0 Å². The average molecular weight is 407 g/mol. The summed E-state index contributed by atoms with van der Waals surface area (Å²) >= 11 is 5.73. The molecule has 0 radical (unpaired) electrons. The Hall–Kier alpha value is -3.24. The van der Waals surface area contributed by atoms with Crippen molar-refractivity contribution in [1.29, 1.82) is 0 Å². The molecular weight excluding hydrogens is 384 g/mol. The van der Waals surface area contributed by atoms with E-state index in [4.69, 9.17) is 21.5 Å². The lowest BCUT2D eigenvalue weighted by Crippen LogP contribution is -2.55. The van der Waals surface area contributed by atoms with Crippen molar-refractivity contribution >= 4 is 46.2 Å². The van der Waals surface area contributed by atoms with E-state index in [1.807, 2.05) is 6.92 Å². The van der Waals surface area contributed by atoms with Crippen LogP contribution in [0.15, 0.2) is 42.4 Å². The van der Waals surface area contributed by atoms with Crippen LogP contribution >= 0.6 is 12.2 Å². The third-order valence-electron chi connectivity index (χ3n) is 5.61. The van der Waals surface area contributed by atoms with Crippen LogP contribution in [0.25, 0.3) is 4.85 Å². The fourth-order valence-corrected chi connectivity index (χ4v) is 4.37. The molecular formula is C22H20N4O2S. The highest BCUT2D eigenvalue weighted by Gasteiger charge is 2.59. The van der Waals surface area contributed by atoms with Crippen molar-refractivity contribution in [2.45, 2.75) is 31.7 Å². The van der Waals surface area contributed by atoms with Gasteiger partial charge >= 0.3 is 0 Å². The Balaban J connectivity index is 1.75. The molecule has 1 saturated heterocycles. The van der Waals surface area contributed by atoms with Crippen molar-refractivity contribution < 1.29 is 12.3 Å². The third kappa shape index (κ3) is 2.79. The molecule has 6 nitrogen and oxygen atoms in total. The number of benzene rings is 2. The number of aryl methyl sites for hydroxylation is 1. The molecule has 0 aromatic heterocycles. The number of amides is 2. The highest BCUT2D eigenvalue weighted by molar-refractivity contribution is 7.81. The van der Waals surface area contributed by atoms with Gasteiger partial charge in [0.05, 0.1) is 7.94 Å². The molecule has 0 unspecified atom stereocenters. The molecule has 0 atom stereocenters. The first kappa shape index (κ1) is 16.7. The standard InChI is InChI=1S/C22H20N4O2S/c1-14-13-17(9-10-18(14)23-2)25-20(28)22(11-4-12-22)26(21(25)29)16-7-5-15(6-8-16)19(27)24-3/h5-10,13H,4,11-12H2,1,3H3,(H,24,27)/i3D,5D. The summed E-state index contributed by atoms with van der Waals surface area (Å²) in [4.78, 5) is 32.4. The Bertz CT molecular complexity index is 1160. The van der Waals surface area contributed by atoms with Crippen LogP contribution in [0.5, 0.6) is 0 Å². The third-order valence-corrected chi connectivity index (χ3v) is 5.98. The lowest BCUT2D eigenvalue weighted by atomic mass is 9.75. The zero-order valence-corrected chi connectivity index (χ0v) is 16.7. The Morgan fingerprint density at radius 2 is 2.07 bits per heavy atom. The Labute approximate surface area is 177 Å². The minimum atomic E-state index is -0.791. The largest absolute Gasteiger partial charge is 0.355 e. The van der Waals surface area contributed by atoms with Crippen molar-refractivity contribution in [2.75, 3.05) is 16.8 Å². The van der Waals surface area contributed by atoms with Gasteiger partial charge in [-0.05, 0) is 80.3 Å². The smallest absolute Gasteiger partial charge is 0.259 e. The van der Waals surface area contributed by atoms with E-state index in [-0.39, 0.29) is 24.5 Å². The van der Waals surface area contributed by atoms with E-state index >= 15 is 0 Å². The van der Waals surface area contributed by atoms with Gasteiger partial charge in [-0.1, -0.05) is 6.07 Å². The topological polar surface area (TPSA) is 57.0 Å². The zero-order chi connectivity index (χ0) is 22.3. The van der Waals surface area contributed by atoms with Crippen LogP contribution in [0.2, 0.25) is 0 Å². The maximum atomic E-state index is 13.5. The molecule has 1 saturated carbocycles. The number of nitrogens with one attached hydrogen (secondary N) is 1. The number of carbonyl (C=O) groups excluding carboxylic acids is 2. The lowest BCUT2D eigenvalue weighted by molar-refractivity contribution is -0.123. The number of rotatable bonds is 3. The minimum Gasteiger partial charge on any atom is -0.355 e. The van der Waals surface area contributed by atoms with Crippen molar-refractivity contribution in [3.05, 3.63) is 65.0 Å². The first-order chi connectivity index (χ1) is 14.8. The van der Waals surface area contributed by atoms with Crippen LogP contribution in [0.1, 0.15) is 37.9 Å². The van der Waals surface area contributed by atoms with Gasteiger partial charge in [0.15, 0.2) is 10.8 Å². The molecule has 7 heteroatoms. The summed E-state index contributed by atoms with van der Waals surface area (Å²) < 4.78 is 15.4. The van der Waals surface area contributed by atoms with Gasteiger partial charge in [-0.15, -0.1) is 0 Å². The molecule has 1 spiro atoms. The number of thiocarbonyl (C=S) groups is 1. The molecule has 2 fully saturated rings. The van der Waals surface area contributed by atoms with Gasteiger partial charge < -0.3 is 10.2 Å². The maximum absolute atomic E-state index is 13.5. The first-order valence-electron chi connectivity index (χ1n) is 10.4. The normalized spacial score (nSPS) is 18.2. The SMILES string of the molecule is [2H]CNC(=O)c1ccc(N2C(=S)N(c3ccc([N+]#[C-])c(C)c3)C(=O)C23CCC3)cc1[2H]. The first-order valence-corrected chi connectivity index (χ1v) is 9.60. The summed E-state index contributed by atoms with van der Waals surface area (Å²) in [5, 5.41) is 2.70. The fraction of sp³-hybridized carbons (Fsp3) is 0.273.